The van der Waals surface area contributed by atoms with Crippen LogP contribution in [0.15, 0.2) is 24.4 Å². The minimum atomic E-state index is -0.0450. The first-order valence-corrected chi connectivity index (χ1v) is 10.2. The maximum atomic E-state index is 13.4. The van der Waals surface area contributed by atoms with Crippen LogP contribution >= 0.6 is 11.3 Å². The number of anilines is 1. The summed E-state index contributed by atoms with van der Waals surface area (Å²) in [5, 5.41) is 4.99. The van der Waals surface area contributed by atoms with Gasteiger partial charge in [-0.3, -0.25) is 14.4 Å². The van der Waals surface area contributed by atoms with Crippen molar-refractivity contribution < 1.29 is 4.79 Å². The van der Waals surface area contributed by atoms with Gasteiger partial charge >= 0.3 is 0 Å². The van der Waals surface area contributed by atoms with Gasteiger partial charge in [0.25, 0.3) is 5.91 Å². The minimum Gasteiger partial charge on any atom is -0.302 e. The molecule has 2 heterocycles. The van der Waals surface area contributed by atoms with Crippen LogP contribution < -0.4 is 4.90 Å². The average molecular weight is 386 g/mol. The summed E-state index contributed by atoms with van der Waals surface area (Å²) < 4.78 is 2.76. The number of aryl methyl sites for hydroxylation is 3. The molecule has 0 spiro atoms. The topological polar surface area (TPSA) is 54.3 Å². The molecule has 27 heavy (non-hydrogen) atoms. The molecule has 0 aliphatic carbocycles. The van der Waals surface area contributed by atoms with Gasteiger partial charge < -0.3 is 4.90 Å². The number of nitrogens with zero attached hydrogens (tertiary/aromatic N) is 5. The smallest absolute Gasteiger partial charge is 0.278 e. The van der Waals surface area contributed by atoms with Crippen molar-refractivity contribution in [2.24, 2.45) is 7.05 Å². The lowest BCUT2D eigenvalue weighted by molar-refractivity contribution is 0.0974. The molecule has 144 valence electrons. The Balaban J connectivity index is 2.00. The molecule has 0 saturated carbocycles. The molecular weight excluding hydrogens is 358 g/mol. The van der Waals surface area contributed by atoms with Crippen LogP contribution in [-0.4, -0.2) is 51.8 Å². The lowest BCUT2D eigenvalue weighted by atomic mass is 10.2. The number of para-hydroxylation sites is 1. The van der Waals surface area contributed by atoms with Crippen molar-refractivity contribution in [3.63, 3.8) is 0 Å². The van der Waals surface area contributed by atoms with Gasteiger partial charge in [0.15, 0.2) is 5.13 Å². The SMILES string of the molecule is CCN(CC)CCN(C(=O)c1c(C)cnn1C)c1nc2c(C)cccc2s1. The molecule has 0 unspecified atom stereocenters. The highest BCUT2D eigenvalue weighted by Crippen LogP contribution is 2.31. The van der Waals surface area contributed by atoms with Gasteiger partial charge in [0, 0.05) is 20.1 Å². The number of amides is 1. The second-order valence-corrected chi connectivity index (χ2v) is 7.71. The standard InChI is InChI=1S/C20H27N5OS/c1-6-24(7-2)11-12-25(19(26)18-15(4)13-21-23(18)5)20-22-17-14(3)9-8-10-16(17)27-20/h8-10,13H,6-7,11-12H2,1-5H3. The number of rotatable bonds is 7. The lowest BCUT2D eigenvalue weighted by Crippen LogP contribution is -2.39. The average Bonchev–Trinajstić information content (AvgIpc) is 3.22. The van der Waals surface area contributed by atoms with Gasteiger partial charge in [0.05, 0.1) is 16.4 Å². The second kappa shape index (κ2) is 8.19. The highest BCUT2D eigenvalue weighted by Gasteiger charge is 2.25. The fourth-order valence-electron chi connectivity index (χ4n) is 3.24. The number of aromatic nitrogens is 3. The molecule has 1 amide bonds. The largest absolute Gasteiger partial charge is 0.302 e. The van der Waals surface area contributed by atoms with E-state index in [4.69, 9.17) is 4.98 Å². The van der Waals surface area contributed by atoms with E-state index in [2.05, 4.69) is 42.9 Å². The van der Waals surface area contributed by atoms with Crippen LogP contribution in [0.1, 0.15) is 35.5 Å². The van der Waals surface area contributed by atoms with Crippen molar-refractivity contribution in [2.75, 3.05) is 31.1 Å². The summed E-state index contributed by atoms with van der Waals surface area (Å²) >= 11 is 1.57. The van der Waals surface area contributed by atoms with E-state index in [0.29, 0.717) is 12.2 Å². The van der Waals surface area contributed by atoms with Gasteiger partial charge in [0.1, 0.15) is 5.69 Å². The van der Waals surface area contributed by atoms with Crippen molar-refractivity contribution in [3.05, 3.63) is 41.2 Å². The van der Waals surface area contributed by atoms with Crippen LogP contribution in [-0.2, 0) is 7.05 Å². The Bertz CT molecular complexity index is 922. The molecule has 6 nitrogen and oxygen atoms in total. The second-order valence-electron chi connectivity index (χ2n) is 6.70. The predicted molar refractivity (Wildman–Crippen MR) is 112 cm³/mol. The van der Waals surface area contributed by atoms with Gasteiger partial charge in [0.2, 0.25) is 0 Å². The normalized spacial score (nSPS) is 11.5. The van der Waals surface area contributed by atoms with E-state index in [9.17, 15) is 4.79 Å². The highest BCUT2D eigenvalue weighted by molar-refractivity contribution is 7.22. The highest BCUT2D eigenvalue weighted by atomic mass is 32.1. The Hall–Kier alpha value is -2.25. The molecule has 0 saturated heterocycles. The van der Waals surface area contributed by atoms with Crippen LogP contribution in [0.2, 0.25) is 0 Å². The zero-order chi connectivity index (χ0) is 19.6. The van der Waals surface area contributed by atoms with Gasteiger partial charge in [-0.05, 0) is 44.1 Å². The first kappa shape index (κ1) is 19.5. The number of thiazole rings is 1. The molecule has 0 radical (unpaired) electrons. The molecule has 1 aromatic carbocycles. The Labute approximate surface area is 164 Å². The Morgan fingerprint density at radius 2 is 1.89 bits per heavy atom. The van der Waals surface area contributed by atoms with E-state index in [1.54, 1.807) is 22.2 Å². The Kier molecular flexibility index (Phi) is 5.92. The van der Waals surface area contributed by atoms with Gasteiger partial charge in [-0.2, -0.15) is 5.10 Å². The molecule has 2 aromatic heterocycles. The van der Waals surface area contributed by atoms with Crippen LogP contribution in [0.5, 0.6) is 0 Å². The fourth-order valence-corrected chi connectivity index (χ4v) is 4.31. The Morgan fingerprint density at radius 1 is 1.15 bits per heavy atom. The van der Waals surface area contributed by atoms with Gasteiger partial charge in [-0.25, -0.2) is 4.98 Å². The fraction of sp³-hybridized carbons (Fsp3) is 0.450. The van der Waals surface area contributed by atoms with E-state index < -0.39 is 0 Å². The first-order chi connectivity index (χ1) is 13.0. The monoisotopic (exact) mass is 385 g/mol. The van der Waals surface area contributed by atoms with E-state index in [1.807, 2.05) is 24.9 Å². The van der Waals surface area contributed by atoms with E-state index >= 15 is 0 Å². The molecule has 0 aliphatic rings. The van der Waals surface area contributed by atoms with Crippen LogP contribution in [0.25, 0.3) is 10.2 Å². The maximum Gasteiger partial charge on any atom is 0.278 e. The Morgan fingerprint density at radius 3 is 2.48 bits per heavy atom. The summed E-state index contributed by atoms with van der Waals surface area (Å²) in [6.07, 6.45) is 1.73. The maximum absolute atomic E-state index is 13.4. The van der Waals surface area contributed by atoms with Crippen molar-refractivity contribution in [3.8, 4) is 0 Å². The summed E-state index contributed by atoms with van der Waals surface area (Å²) in [7, 11) is 1.81. The summed E-state index contributed by atoms with van der Waals surface area (Å²) in [6, 6.07) is 6.15. The first-order valence-electron chi connectivity index (χ1n) is 9.35. The van der Waals surface area contributed by atoms with Crippen molar-refractivity contribution in [1.82, 2.24) is 19.7 Å². The summed E-state index contributed by atoms with van der Waals surface area (Å²) in [6.45, 7) is 11.6. The molecule has 0 aliphatic heterocycles. The van der Waals surface area contributed by atoms with E-state index in [1.165, 1.54) is 0 Å². The third-order valence-corrected chi connectivity index (χ3v) is 5.99. The third-order valence-electron chi connectivity index (χ3n) is 4.94. The predicted octanol–water partition coefficient (Wildman–Crippen LogP) is 3.64. The third kappa shape index (κ3) is 3.89. The van der Waals surface area contributed by atoms with E-state index in [-0.39, 0.29) is 5.91 Å². The number of likely N-dealkylation sites (N-methyl/N-ethyl adjacent to an activating group) is 1. The summed E-state index contributed by atoms with van der Waals surface area (Å²) in [4.78, 5) is 22.3. The van der Waals surface area contributed by atoms with Gasteiger partial charge in [-0.1, -0.05) is 37.3 Å². The molecule has 0 atom stereocenters. The molecule has 3 aromatic rings. The number of hydrogen-bond donors (Lipinski definition) is 0. The lowest BCUT2D eigenvalue weighted by Gasteiger charge is -2.25. The van der Waals surface area contributed by atoms with Crippen LogP contribution in [0.4, 0.5) is 5.13 Å². The van der Waals surface area contributed by atoms with Crippen LogP contribution in [0.3, 0.4) is 0 Å². The van der Waals surface area contributed by atoms with E-state index in [0.717, 1.165) is 46.1 Å². The number of carbonyl (C=O) groups is 1. The zero-order valence-electron chi connectivity index (χ0n) is 16.7. The van der Waals surface area contributed by atoms with Crippen molar-refractivity contribution >= 4 is 32.6 Å². The molecule has 3 rings (SSSR count). The van der Waals surface area contributed by atoms with Crippen LogP contribution in [0, 0.1) is 13.8 Å². The molecule has 0 N–H and O–H groups in total. The molecular formula is C20H27N5OS. The van der Waals surface area contributed by atoms with Crippen molar-refractivity contribution in [1.29, 1.82) is 0 Å². The summed E-state index contributed by atoms with van der Waals surface area (Å²) in [5.74, 6) is -0.0450. The number of carbonyl (C=O) groups excluding carboxylic acids is 1. The number of hydrogen-bond acceptors (Lipinski definition) is 5. The molecule has 0 bridgehead atoms. The van der Waals surface area contributed by atoms with Crippen molar-refractivity contribution in [2.45, 2.75) is 27.7 Å². The molecule has 0 fully saturated rings. The quantitative estimate of drug-likeness (QED) is 0.623. The number of benzene rings is 1. The summed E-state index contributed by atoms with van der Waals surface area (Å²) in [5.41, 5.74) is 3.60. The van der Waals surface area contributed by atoms with Gasteiger partial charge in [-0.15, -0.1) is 0 Å². The minimum absolute atomic E-state index is 0.0450. The number of fused-ring (bicyclic) bond motifs is 1. The zero-order valence-corrected chi connectivity index (χ0v) is 17.5. The molecule has 7 heteroatoms.